The molecule has 114 valence electrons. The molecule has 5 heteroatoms. The molecule has 0 aromatic heterocycles. The van der Waals surface area contributed by atoms with Crippen LogP contribution in [-0.2, 0) is 4.79 Å². The number of hydrogen-bond donors (Lipinski definition) is 0. The third-order valence-electron chi connectivity index (χ3n) is 2.97. The van der Waals surface area contributed by atoms with Gasteiger partial charge in [-0.25, -0.2) is 0 Å². The molecule has 0 aliphatic rings. The van der Waals surface area contributed by atoms with Gasteiger partial charge in [-0.05, 0) is 42.3 Å². The van der Waals surface area contributed by atoms with Gasteiger partial charge in [0.1, 0.15) is 24.1 Å². The lowest BCUT2D eigenvalue weighted by Gasteiger charge is -2.08. The van der Waals surface area contributed by atoms with E-state index < -0.39 is 0 Å². The van der Waals surface area contributed by atoms with Gasteiger partial charge in [0, 0.05) is 6.92 Å². The first kappa shape index (κ1) is 15.7. The van der Waals surface area contributed by atoms with E-state index in [-0.39, 0.29) is 18.6 Å². The van der Waals surface area contributed by atoms with Gasteiger partial charge >= 0.3 is 5.97 Å². The first-order valence-electron chi connectivity index (χ1n) is 6.92. The van der Waals surface area contributed by atoms with Crippen molar-refractivity contribution in [2.45, 2.75) is 19.9 Å². The van der Waals surface area contributed by atoms with Crippen LogP contribution in [0.2, 0.25) is 0 Å². The highest BCUT2D eigenvalue weighted by Gasteiger charge is 2.04. The van der Waals surface area contributed by atoms with Crippen molar-refractivity contribution in [3.05, 3.63) is 53.4 Å². The number of carbonyl (C=O) groups is 1. The Morgan fingerprint density at radius 1 is 1.00 bits per heavy atom. The van der Waals surface area contributed by atoms with Gasteiger partial charge in [0.25, 0.3) is 0 Å². The predicted molar refractivity (Wildman–Crippen MR) is 83.9 cm³/mol. The molecule has 0 spiro atoms. The maximum Gasteiger partial charge on any atom is 0.308 e. The first-order valence-corrected chi connectivity index (χ1v) is 6.92. The molecule has 2 aromatic rings. The van der Waals surface area contributed by atoms with Crippen LogP contribution in [0.15, 0.2) is 53.7 Å². The quantitative estimate of drug-likeness (QED) is 0.462. The van der Waals surface area contributed by atoms with Crippen molar-refractivity contribution in [2.75, 3.05) is 6.61 Å². The Kier molecular flexibility index (Phi) is 5.25. The van der Waals surface area contributed by atoms with Gasteiger partial charge in [0.05, 0.1) is 0 Å². The Hall–Kier alpha value is -2.69. The van der Waals surface area contributed by atoms with Crippen LogP contribution in [0.1, 0.15) is 13.8 Å². The lowest BCUT2D eigenvalue weighted by Crippen LogP contribution is -2.10. The van der Waals surface area contributed by atoms with Crippen LogP contribution in [0.25, 0.3) is 11.1 Å². The van der Waals surface area contributed by atoms with Crippen molar-refractivity contribution in [1.82, 2.24) is 0 Å². The molecule has 0 N–H and O–H groups in total. The molecule has 22 heavy (non-hydrogen) atoms. The highest BCUT2D eigenvalue weighted by Crippen LogP contribution is 2.24. The third kappa shape index (κ3) is 4.41. The number of esters is 1. The second kappa shape index (κ2) is 7.36. The number of nitroso groups, excluding NO2 is 1. The average molecular weight is 299 g/mol. The summed E-state index contributed by atoms with van der Waals surface area (Å²) in [5.74, 6) is 0.871. The number of hydrogen-bond acceptors (Lipinski definition) is 5. The van der Waals surface area contributed by atoms with Crippen LogP contribution >= 0.6 is 0 Å². The zero-order valence-corrected chi connectivity index (χ0v) is 12.5. The number of nitrogens with zero attached hydrogens (tertiary/aromatic N) is 1. The van der Waals surface area contributed by atoms with Gasteiger partial charge in [0.2, 0.25) is 0 Å². The van der Waals surface area contributed by atoms with E-state index in [1.807, 2.05) is 36.4 Å². The molecule has 0 saturated carbocycles. The summed E-state index contributed by atoms with van der Waals surface area (Å²) in [7, 11) is 0. The van der Waals surface area contributed by atoms with E-state index in [2.05, 4.69) is 5.18 Å². The van der Waals surface area contributed by atoms with Crippen molar-refractivity contribution in [2.24, 2.45) is 5.18 Å². The van der Waals surface area contributed by atoms with Crippen LogP contribution in [-0.4, -0.2) is 18.6 Å². The monoisotopic (exact) mass is 299 g/mol. The Labute approximate surface area is 128 Å². The highest BCUT2D eigenvalue weighted by atomic mass is 16.5. The summed E-state index contributed by atoms with van der Waals surface area (Å²) in [6.07, 6.45) is 0. The number of carbonyl (C=O) groups excluding carboxylic acids is 1. The Morgan fingerprint density at radius 2 is 1.50 bits per heavy atom. The summed E-state index contributed by atoms with van der Waals surface area (Å²) in [6, 6.07) is 14.4. The van der Waals surface area contributed by atoms with Crippen molar-refractivity contribution < 1.29 is 14.3 Å². The lowest BCUT2D eigenvalue weighted by molar-refractivity contribution is -0.131. The molecule has 1 unspecified atom stereocenters. The van der Waals surface area contributed by atoms with Gasteiger partial charge in [-0.3, -0.25) is 4.79 Å². The smallest absolute Gasteiger partial charge is 0.308 e. The van der Waals surface area contributed by atoms with E-state index in [4.69, 9.17) is 9.47 Å². The number of rotatable bonds is 6. The molecule has 0 radical (unpaired) electrons. The molecule has 0 heterocycles. The Balaban J connectivity index is 2.03. The molecule has 0 saturated heterocycles. The third-order valence-corrected chi connectivity index (χ3v) is 2.97. The molecule has 0 aliphatic heterocycles. The fraction of sp³-hybridized carbons (Fsp3) is 0.235. The summed E-state index contributed by atoms with van der Waals surface area (Å²) in [5, 5.41) is 2.89. The van der Waals surface area contributed by atoms with Gasteiger partial charge < -0.3 is 9.47 Å². The molecule has 0 bridgehead atoms. The number of ether oxygens (including phenoxy) is 2. The van der Waals surface area contributed by atoms with E-state index in [1.54, 1.807) is 19.1 Å². The normalized spacial score (nSPS) is 11.5. The van der Waals surface area contributed by atoms with Gasteiger partial charge in [-0.1, -0.05) is 29.4 Å². The van der Waals surface area contributed by atoms with E-state index in [1.165, 1.54) is 6.92 Å². The van der Waals surface area contributed by atoms with Crippen molar-refractivity contribution >= 4 is 5.97 Å². The molecular weight excluding hydrogens is 282 g/mol. The molecule has 2 rings (SSSR count). The minimum absolute atomic E-state index is 0.264. The van der Waals surface area contributed by atoms with Gasteiger partial charge in [-0.15, -0.1) is 0 Å². The van der Waals surface area contributed by atoms with Crippen molar-refractivity contribution in [3.63, 3.8) is 0 Å². The number of benzene rings is 2. The van der Waals surface area contributed by atoms with Crippen molar-refractivity contribution in [3.8, 4) is 22.6 Å². The zero-order chi connectivity index (χ0) is 15.9. The fourth-order valence-corrected chi connectivity index (χ4v) is 1.87. The van der Waals surface area contributed by atoms with E-state index in [0.29, 0.717) is 11.5 Å². The predicted octanol–water partition coefficient (Wildman–Crippen LogP) is 3.81. The van der Waals surface area contributed by atoms with Crippen LogP contribution < -0.4 is 9.47 Å². The Bertz CT molecular complexity index is 635. The molecular formula is C17H17NO4. The highest BCUT2D eigenvalue weighted by molar-refractivity contribution is 5.70. The summed E-state index contributed by atoms with van der Waals surface area (Å²) in [4.78, 5) is 21.2. The van der Waals surface area contributed by atoms with Crippen LogP contribution in [0.3, 0.4) is 0 Å². The molecule has 5 nitrogen and oxygen atoms in total. The largest absolute Gasteiger partial charge is 0.491 e. The summed E-state index contributed by atoms with van der Waals surface area (Å²) in [6.45, 7) is 3.33. The first-order chi connectivity index (χ1) is 10.6. The minimum atomic E-state index is -0.367. The van der Waals surface area contributed by atoms with E-state index >= 15 is 0 Å². The minimum Gasteiger partial charge on any atom is -0.491 e. The van der Waals surface area contributed by atoms with Crippen LogP contribution in [0.4, 0.5) is 0 Å². The maximum absolute atomic E-state index is 10.9. The second-order valence-electron chi connectivity index (χ2n) is 4.91. The molecule has 0 fully saturated rings. The molecule has 0 aliphatic carbocycles. The topological polar surface area (TPSA) is 65.0 Å². The standard InChI is InChI=1S/C17H17NO4/c1-12(18-20)11-21-16-7-3-14(4-8-16)15-5-9-17(10-6-15)22-13(2)19/h3-10,12H,11H2,1-2H3. The SMILES string of the molecule is CC(=O)Oc1ccc(-c2ccc(OCC(C)N=O)cc2)cc1. The van der Waals surface area contributed by atoms with Crippen molar-refractivity contribution in [1.29, 1.82) is 0 Å². The summed E-state index contributed by atoms with van der Waals surface area (Å²) in [5.41, 5.74) is 2.02. The van der Waals surface area contributed by atoms with E-state index in [9.17, 15) is 9.70 Å². The second-order valence-corrected chi connectivity index (χ2v) is 4.91. The zero-order valence-electron chi connectivity index (χ0n) is 12.5. The fourth-order valence-electron chi connectivity index (χ4n) is 1.87. The lowest BCUT2D eigenvalue weighted by atomic mass is 10.1. The summed E-state index contributed by atoms with van der Waals surface area (Å²) < 4.78 is 10.5. The maximum atomic E-state index is 10.9. The molecule has 1 atom stereocenters. The van der Waals surface area contributed by atoms with Gasteiger partial charge in [0.15, 0.2) is 0 Å². The summed E-state index contributed by atoms with van der Waals surface area (Å²) >= 11 is 0. The van der Waals surface area contributed by atoms with E-state index in [0.717, 1.165) is 11.1 Å². The Morgan fingerprint density at radius 3 is 1.95 bits per heavy atom. The van der Waals surface area contributed by atoms with Gasteiger partial charge in [-0.2, -0.15) is 4.91 Å². The van der Waals surface area contributed by atoms with Crippen LogP contribution in [0.5, 0.6) is 11.5 Å². The average Bonchev–Trinajstić information content (AvgIpc) is 2.53. The molecule has 0 amide bonds. The molecule has 2 aromatic carbocycles. The van der Waals surface area contributed by atoms with Crippen LogP contribution in [0, 0.1) is 4.91 Å².